The molecule has 84 valence electrons. The average molecular weight is 222 g/mol. The Labute approximate surface area is 91.8 Å². The van der Waals surface area contributed by atoms with E-state index in [0.717, 1.165) is 4.90 Å². The van der Waals surface area contributed by atoms with Gasteiger partial charge in [-0.3, -0.25) is 14.5 Å². The van der Waals surface area contributed by atoms with Crippen LogP contribution in [0, 0.1) is 5.82 Å². The molecular formula is C11H11FN2O2. The molecule has 0 saturated carbocycles. The summed E-state index contributed by atoms with van der Waals surface area (Å²) < 4.78 is 12.7. The first-order valence-electron chi connectivity index (χ1n) is 4.94. The molecular weight excluding hydrogens is 211 g/mol. The van der Waals surface area contributed by atoms with Crippen molar-refractivity contribution in [2.45, 2.75) is 12.5 Å². The summed E-state index contributed by atoms with van der Waals surface area (Å²) in [7, 11) is 0. The molecule has 1 unspecified atom stereocenters. The number of halogens is 1. The number of carbonyl (C=O) groups is 2. The van der Waals surface area contributed by atoms with Crippen molar-refractivity contribution in [3.63, 3.8) is 0 Å². The molecule has 1 aromatic rings. The fraction of sp³-hybridized carbons (Fsp3) is 0.273. The number of nitrogens with zero attached hydrogens (tertiary/aromatic N) is 1. The third kappa shape index (κ3) is 1.94. The van der Waals surface area contributed by atoms with Crippen molar-refractivity contribution in [2.75, 3.05) is 6.54 Å². The van der Waals surface area contributed by atoms with Crippen LogP contribution in [0.25, 0.3) is 0 Å². The van der Waals surface area contributed by atoms with E-state index in [-0.39, 0.29) is 24.9 Å². The number of rotatable bonds is 1. The van der Waals surface area contributed by atoms with Crippen LogP contribution in [0.4, 0.5) is 4.39 Å². The molecule has 1 fully saturated rings. The Hall–Kier alpha value is -1.75. The highest BCUT2D eigenvalue weighted by Gasteiger charge is 2.32. The molecule has 0 aliphatic carbocycles. The van der Waals surface area contributed by atoms with E-state index in [0.29, 0.717) is 5.56 Å². The number of benzene rings is 1. The van der Waals surface area contributed by atoms with Crippen molar-refractivity contribution in [2.24, 2.45) is 5.73 Å². The van der Waals surface area contributed by atoms with Gasteiger partial charge < -0.3 is 5.73 Å². The molecule has 1 aromatic carbocycles. The summed E-state index contributed by atoms with van der Waals surface area (Å²) in [4.78, 5) is 24.4. The van der Waals surface area contributed by atoms with Crippen LogP contribution in [0.1, 0.15) is 16.8 Å². The van der Waals surface area contributed by atoms with E-state index in [9.17, 15) is 14.0 Å². The number of imide groups is 1. The number of nitrogens with two attached hydrogens (primary N) is 1. The lowest BCUT2D eigenvalue weighted by Gasteiger charge is -2.13. The lowest BCUT2D eigenvalue weighted by molar-refractivity contribution is -0.125. The van der Waals surface area contributed by atoms with Crippen molar-refractivity contribution in [3.8, 4) is 0 Å². The molecule has 2 rings (SSSR count). The standard InChI is InChI=1S/C11H11FN2O2/c12-8-3-1-7(2-4-8)11(16)14-6-9(13)5-10(14)15/h1-4,9H,5-6,13H2. The highest BCUT2D eigenvalue weighted by atomic mass is 19.1. The van der Waals surface area contributed by atoms with E-state index in [2.05, 4.69) is 0 Å². The van der Waals surface area contributed by atoms with E-state index in [1.807, 2.05) is 0 Å². The number of hydrogen-bond acceptors (Lipinski definition) is 3. The highest BCUT2D eigenvalue weighted by molar-refractivity contribution is 6.05. The third-order valence-corrected chi connectivity index (χ3v) is 2.49. The second kappa shape index (κ2) is 4.02. The normalized spacial score (nSPS) is 20.2. The Kier molecular flexibility index (Phi) is 2.70. The SMILES string of the molecule is NC1CC(=O)N(C(=O)c2ccc(F)cc2)C1. The second-order valence-corrected chi connectivity index (χ2v) is 3.78. The maximum Gasteiger partial charge on any atom is 0.260 e. The Morgan fingerprint density at radius 3 is 2.50 bits per heavy atom. The molecule has 5 heteroatoms. The van der Waals surface area contributed by atoms with E-state index < -0.39 is 11.7 Å². The van der Waals surface area contributed by atoms with Crippen LogP contribution < -0.4 is 5.73 Å². The van der Waals surface area contributed by atoms with Gasteiger partial charge >= 0.3 is 0 Å². The fourth-order valence-corrected chi connectivity index (χ4v) is 1.68. The van der Waals surface area contributed by atoms with E-state index in [4.69, 9.17) is 5.73 Å². The first kappa shape index (κ1) is 10.8. The predicted molar refractivity (Wildman–Crippen MR) is 55.0 cm³/mol. The van der Waals surface area contributed by atoms with Gasteiger partial charge in [-0.2, -0.15) is 0 Å². The van der Waals surface area contributed by atoms with Gasteiger partial charge in [0.25, 0.3) is 5.91 Å². The van der Waals surface area contributed by atoms with E-state index >= 15 is 0 Å². The summed E-state index contributed by atoms with van der Waals surface area (Å²) in [5.41, 5.74) is 5.88. The number of carbonyl (C=O) groups excluding carboxylic acids is 2. The zero-order chi connectivity index (χ0) is 11.7. The molecule has 16 heavy (non-hydrogen) atoms. The monoisotopic (exact) mass is 222 g/mol. The molecule has 4 nitrogen and oxygen atoms in total. The molecule has 1 heterocycles. The Morgan fingerprint density at radius 2 is 2.00 bits per heavy atom. The molecule has 0 bridgehead atoms. The van der Waals surface area contributed by atoms with Crippen molar-refractivity contribution < 1.29 is 14.0 Å². The number of hydrogen-bond donors (Lipinski definition) is 1. The molecule has 1 saturated heterocycles. The van der Waals surface area contributed by atoms with Crippen molar-refractivity contribution >= 4 is 11.8 Å². The van der Waals surface area contributed by atoms with Crippen molar-refractivity contribution in [1.29, 1.82) is 0 Å². The van der Waals surface area contributed by atoms with Gasteiger partial charge in [0.05, 0.1) is 0 Å². The third-order valence-electron chi connectivity index (χ3n) is 2.49. The minimum Gasteiger partial charge on any atom is -0.326 e. The van der Waals surface area contributed by atoms with Crippen LogP contribution in [0.3, 0.4) is 0 Å². The van der Waals surface area contributed by atoms with Crippen molar-refractivity contribution in [1.82, 2.24) is 4.90 Å². The zero-order valence-corrected chi connectivity index (χ0v) is 8.52. The maximum atomic E-state index is 12.7. The van der Waals surface area contributed by atoms with Crippen LogP contribution >= 0.6 is 0 Å². The van der Waals surface area contributed by atoms with E-state index in [1.54, 1.807) is 0 Å². The Balaban J connectivity index is 2.19. The molecule has 1 aliphatic heterocycles. The number of likely N-dealkylation sites (tertiary alicyclic amines) is 1. The van der Waals surface area contributed by atoms with Crippen LogP contribution in [0.2, 0.25) is 0 Å². The molecule has 0 radical (unpaired) electrons. The lowest BCUT2D eigenvalue weighted by Crippen LogP contribution is -2.34. The Morgan fingerprint density at radius 1 is 1.38 bits per heavy atom. The fourth-order valence-electron chi connectivity index (χ4n) is 1.68. The summed E-state index contributed by atoms with van der Waals surface area (Å²) in [6, 6.07) is 4.79. The Bertz CT molecular complexity index is 430. The molecule has 0 aromatic heterocycles. The van der Waals surface area contributed by atoms with Crippen LogP contribution in [0.5, 0.6) is 0 Å². The van der Waals surface area contributed by atoms with Gasteiger partial charge in [-0.1, -0.05) is 0 Å². The quantitative estimate of drug-likeness (QED) is 0.705. The highest BCUT2D eigenvalue weighted by Crippen LogP contribution is 2.14. The van der Waals surface area contributed by atoms with Crippen LogP contribution in [-0.2, 0) is 4.79 Å². The maximum absolute atomic E-state index is 12.7. The van der Waals surface area contributed by atoms with Gasteiger partial charge in [-0.05, 0) is 24.3 Å². The lowest BCUT2D eigenvalue weighted by atomic mass is 10.2. The van der Waals surface area contributed by atoms with Gasteiger partial charge in [0.1, 0.15) is 5.82 Å². The topological polar surface area (TPSA) is 63.4 Å². The number of amides is 2. The predicted octanol–water partition coefficient (Wildman–Crippen LogP) is 0.525. The summed E-state index contributed by atoms with van der Waals surface area (Å²) >= 11 is 0. The van der Waals surface area contributed by atoms with E-state index in [1.165, 1.54) is 24.3 Å². The second-order valence-electron chi connectivity index (χ2n) is 3.78. The van der Waals surface area contributed by atoms with Crippen LogP contribution in [0.15, 0.2) is 24.3 Å². The van der Waals surface area contributed by atoms with Gasteiger partial charge in [0, 0.05) is 24.6 Å². The van der Waals surface area contributed by atoms with Crippen molar-refractivity contribution in [3.05, 3.63) is 35.6 Å². The molecule has 0 spiro atoms. The molecule has 2 amide bonds. The first-order chi connectivity index (χ1) is 7.58. The molecule has 2 N–H and O–H groups in total. The van der Waals surface area contributed by atoms with Gasteiger partial charge in [-0.25, -0.2) is 4.39 Å². The largest absolute Gasteiger partial charge is 0.326 e. The first-order valence-corrected chi connectivity index (χ1v) is 4.94. The van der Waals surface area contributed by atoms with Gasteiger partial charge in [0.15, 0.2) is 0 Å². The smallest absolute Gasteiger partial charge is 0.260 e. The minimum absolute atomic E-state index is 0.187. The minimum atomic E-state index is -0.419. The van der Waals surface area contributed by atoms with Gasteiger partial charge in [-0.15, -0.1) is 0 Å². The van der Waals surface area contributed by atoms with Crippen LogP contribution in [-0.4, -0.2) is 29.3 Å². The van der Waals surface area contributed by atoms with Gasteiger partial charge in [0.2, 0.25) is 5.91 Å². The summed E-state index contributed by atoms with van der Waals surface area (Å²) in [5, 5.41) is 0. The zero-order valence-electron chi connectivity index (χ0n) is 8.52. The molecule has 1 atom stereocenters. The summed E-state index contributed by atoms with van der Waals surface area (Å²) in [6.45, 7) is 0.231. The molecule has 1 aliphatic rings. The summed E-state index contributed by atoms with van der Waals surface area (Å²) in [5.74, 6) is -1.11. The average Bonchev–Trinajstić information content (AvgIpc) is 2.58. The summed E-state index contributed by atoms with van der Waals surface area (Å²) in [6.07, 6.45) is 0.187.